The number of rotatable bonds is 2. The van der Waals surface area contributed by atoms with E-state index in [0.717, 1.165) is 6.08 Å². The molecule has 0 saturated carbocycles. The molecule has 4 nitrogen and oxygen atoms in total. The molecule has 0 spiro atoms. The van der Waals surface area contributed by atoms with Gasteiger partial charge in [-0.05, 0) is 17.7 Å². The van der Waals surface area contributed by atoms with Crippen molar-refractivity contribution in [2.24, 2.45) is 0 Å². The molecular formula is C7H4Cl2N2O2. The topological polar surface area (TPSA) is 63.1 Å². The van der Waals surface area contributed by atoms with Crippen molar-refractivity contribution in [2.75, 3.05) is 0 Å². The largest absolute Gasteiger partial charge is 0.478 e. The average Bonchev–Trinajstić information content (AvgIpc) is 2.02. The van der Waals surface area contributed by atoms with Crippen molar-refractivity contribution in [3.8, 4) is 0 Å². The van der Waals surface area contributed by atoms with Crippen molar-refractivity contribution in [1.29, 1.82) is 0 Å². The zero-order valence-electron chi connectivity index (χ0n) is 6.24. The van der Waals surface area contributed by atoms with E-state index in [1.807, 2.05) is 0 Å². The third-order valence-corrected chi connectivity index (χ3v) is 1.63. The number of carboxylic acids is 1. The van der Waals surface area contributed by atoms with Crippen LogP contribution in [0.25, 0.3) is 6.08 Å². The molecular weight excluding hydrogens is 215 g/mol. The Bertz CT molecular complexity index is 366. The van der Waals surface area contributed by atoms with Gasteiger partial charge in [-0.1, -0.05) is 11.6 Å². The van der Waals surface area contributed by atoms with E-state index >= 15 is 0 Å². The summed E-state index contributed by atoms with van der Waals surface area (Å²) in [6, 6.07) is 0. The smallest absolute Gasteiger partial charge is 0.328 e. The van der Waals surface area contributed by atoms with Gasteiger partial charge in [-0.15, -0.1) is 0 Å². The standard InChI is InChI=1S/C7H4Cl2N2O2/c8-6-4(1-2-5(12)13)3-10-7(9)11-6/h1-3H,(H,12,13). The predicted octanol–water partition coefficient (Wildman–Crippen LogP) is 1.88. The van der Waals surface area contributed by atoms with Crippen molar-refractivity contribution >= 4 is 35.2 Å². The molecule has 1 aromatic heterocycles. The van der Waals surface area contributed by atoms with Crippen LogP contribution in [0.3, 0.4) is 0 Å². The Hall–Kier alpha value is -1.13. The zero-order valence-corrected chi connectivity index (χ0v) is 7.75. The Labute approximate surface area is 83.8 Å². The van der Waals surface area contributed by atoms with Crippen LogP contribution in [0.4, 0.5) is 0 Å². The van der Waals surface area contributed by atoms with E-state index in [1.165, 1.54) is 12.3 Å². The summed E-state index contributed by atoms with van der Waals surface area (Å²) in [4.78, 5) is 17.4. The number of carboxylic acid groups (broad SMARTS) is 1. The van der Waals surface area contributed by atoms with Gasteiger partial charge >= 0.3 is 5.97 Å². The van der Waals surface area contributed by atoms with Gasteiger partial charge in [0.25, 0.3) is 0 Å². The first kappa shape index (κ1) is 9.95. The third-order valence-electron chi connectivity index (χ3n) is 1.14. The van der Waals surface area contributed by atoms with E-state index in [-0.39, 0.29) is 10.4 Å². The Kier molecular flexibility index (Phi) is 3.22. The summed E-state index contributed by atoms with van der Waals surface area (Å²) < 4.78 is 0. The molecule has 0 aromatic carbocycles. The van der Waals surface area contributed by atoms with Crippen LogP contribution in [0.15, 0.2) is 12.3 Å². The first-order chi connectivity index (χ1) is 6.09. The molecule has 0 radical (unpaired) electrons. The van der Waals surface area contributed by atoms with Gasteiger partial charge in [-0.25, -0.2) is 14.8 Å². The van der Waals surface area contributed by atoms with Gasteiger partial charge in [0.15, 0.2) is 0 Å². The minimum Gasteiger partial charge on any atom is -0.478 e. The van der Waals surface area contributed by atoms with E-state index in [9.17, 15) is 4.79 Å². The summed E-state index contributed by atoms with van der Waals surface area (Å²) >= 11 is 11.1. The Morgan fingerprint density at radius 1 is 1.54 bits per heavy atom. The van der Waals surface area contributed by atoms with Gasteiger partial charge in [0.2, 0.25) is 5.28 Å². The number of halogens is 2. The molecule has 1 N–H and O–H groups in total. The third kappa shape index (κ3) is 3.01. The molecule has 0 unspecified atom stereocenters. The highest BCUT2D eigenvalue weighted by molar-refractivity contribution is 6.32. The minimum atomic E-state index is -1.06. The normalized spacial score (nSPS) is 10.6. The molecule has 0 amide bonds. The maximum Gasteiger partial charge on any atom is 0.328 e. The molecule has 1 heterocycles. The molecule has 68 valence electrons. The number of aliphatic carboxylic acids is 1. The van der Waals surface area contributed by atoms with Gasteiger partial charge in [-0.3, -0.25) is 0 Å². The monoisotopic (exact) mass is 218 g/mol. The summed E-state index contributed by atoms with van der Waals surface area (Å²) in [7, 11) is 0. The molecule has 0 aliphatic carbocycles. The second kappa shape index (κ2) is 4.20. The Balaban J connectivity index is 2.96. The lowest BCUT2D eigenvalue weighted by Gasteiger charge is -1.95. The van der Waals surface area contributed by atoms with Crippen LogP contribution >= 0.6 is 23.2 Å². The van der Waals surface area contributed by atoms with E-state index in [4.69, 9.17) is 28.3 Å². The van der Waals surface area contributed by atoms with Crippen LogP contribution in [0.2, 0.25) is 10.4 Å². The molecule has 1 aromatic rings. The fraction of sp³-hybridized carbons (Fsp3) is 0. The van der Waals surface area contributed by atoms with Crippen LogP contribution in [-0.2, 0) is 4.79 Å². The maximum absolute atomic E-state index is 10.2. The summed E-state index contributed by atoms with van der Waals surface area (Å²) in [5, 5.41) is 8.47. The van der Waals surface area contributed by atoms with Crippen LogP contribution in [-0.4, -0.2) is 21.0 Å². The number of aromatic nitrogens is 2. The minimum absolute atomic E-state index is 0.0254. The lowest BCUT2D eigenvalue weighted by molar-refractivity contribution is -0.131. The Morgan fingerprint density at radius 3 is 2.77 bits per heavy atom. The molecule has 0 bridgehead atoms. The van der Waals surface area contributed by atoms with E-state index < -0.39 is 5.97 Å². The lowest BCUT2D eigenvalue weighted by Crippen LogP contribution is -1.89. The van der Waals surface area contributed by atoms with Crippen LogP contribution in [0.5, 0.6) is 0 Å². The van der Waals surface area contributed by atoms with Crippen molar-refractivity contribution in [3.05, 3.63) is 28.3 Å². The second-order valence-corrected chi connectivity index (χ2v) is 2.75. The first-order valence-corrected chi connectivity index (χ1v) is 3.94. The van der Waals surface area contributed by atoms with Crippen molar-refractivity contribution < 1.29 is 9.90 Å². The van der Waals surface area contributed by atoms with E-state index in [2.05, 4.69) is 9.97 Å². The molecule has 1 rings (SSSR count). The van der Waals surface area contributed by atoms with Crippen LogP contribution in [0, 0.1) is 0 Å². The fourth-order valence-electron chi connectivity index (χ4n) is 0.623. The van der Waals surface area contributed by atoms with Crippen molar-refractivity contribution in [1.82, 2.24) is 9.97 Å². The fourth-order valence-corrected chi connectivity index (χ4v) is 0.992. The SMILES string of the molecule is O=C(O)C=Cc1cnc(Cl)nc1Cl. The summed E-state index contributed by atoms with van der Waals surface area (Å²) in [5.41, 5.74) is 0.411. The highest BCUT2D eigenvalue weighted by atomic mass is 35.5. The van der Waals surface area contributed by atoms with E-state index in [0.29, 0.717) is 5.56 Å². The molecule has 6 heteroatoms. The second-order valence-electron chi connectivity index (χ2n) is 2.06. The average molecular weight is 219 g/mol. The highest BCUT2D eigenvalue weighted by Crippen LogP contribution is 2.15. The van der Waals surface area contributed by atoms with Crippen LogP contribution < -0.4 is 0 Å². The van der Waals surface area contributed by atoms with Crippen molar-refractivity contribution in [2.45, 2.75) is 0 Å². The summed E-state index contributed by atoms with van der Waals surface area (Å²) in [5.74, 6) is -1.06. The van der Waals surface area contributed by atoms with E-state index in [1.54, 1.807) is 0 Å². The molecule has 0 aliphatic heterocycles. The quantitative estimate of drug-likeness (QED) is 0.468. The first-order valence-electron chi connectivity index (χ1n) is 3.18. The number of hydrogen-bond donors (Lipinski definition) is 1. The van der Waals surface area contributed by atoms with Gasteiger partial charge < -0.3 is 5.11 Å². The zero-order chi connectivity index (χ0) is 9.84. The van der Waals surface area contributed by atoms with Gasteiger partial charge in [0.05, 0.1) is 0 Å². The number of nitrogens with zero attached hydrogens (tertiary/aromatic N) is 2. The predicted molar refractivity (Wildman–Crippen MR) is 48.7 cm³/mol. The van der Waals surface area contributed by atoms with Crippen molar-refractivity contribution in [3.63, 3.8) is 0 Å². The van der Waals surface area contributed by atoms with Crippen LogP contribution in [0.1, 0.15) is 5.56 Å². The lowest BCUT2D eigenvalue weighted by atomic mass is 10.3. The molecule has 13 heavy (non-hydrogen) atoms. The molecule has 0 saturated heterocycles. The highest BCUT2D eigenvalue weighted by Gasteiger charge is 2.00. The Morgan fingerprint density at radius 2 is 2.23 bits per heavy atom. The van der Waals surface area contributed by atoms with Gasteiger partial charge in [-0.2, -0.15) is 0 Å². The summed E-state index contributed by atoms with van der Waals surface area (Å²) in [6.45, 7) is 0. The molecule has 0 atom stereocenters. The number of carbonyl (C=O) groups is 1. The van der Waals surface area contributed by atoms with Gasteiger partial charge in [0.1, 0.15) is 5.15 Å². The molecule has 0 fully saturated rings. The summed E-state index contributed by atoms with van der Waals surface area (Å²) in [6.07, 6.45) is 3.58. The maximum atomic E-state index is 10.2. The van der Waals surface area contributed by atoms with Gasteiger partial charge in [0, 0.05) is 17.8 Å². The number of hydrogen-bond acceptors (Lipinski definition) is 3. The molecule has 0 aliphatic rings.